The molecule has 0 saturated carbocycles. The van der Waals surface area contributed by atoms with Crippen molar-refractivity contribution in [3.05, 3.63) is 96.1 Å². The number of carbonyl (C=O) groups excluding carboxylic acids is 4. The lowest BCUT2D eigenvalue weighted by Crippen LogP contribution is -2.58. The molecule has 10 heteroatoms. The third-order valence-corrected chi connectivity index (χ3v) is 9.63. The number of aliphatic hydroxyl groups is 1. The fraction of sp³-hybridized carbons (Fsp3) is 0.459. The van der Waals surface area contributed by atoms with E-state index in [4.69, 9.17) is 9.47 Å². The van der Waals surface area contributed by atoms with Gasteiger partial charge in [0.25, 0.3) is 0 Å². The third kappa shape index (κ3) is 6.36. The summed E-state index contributed by atoms with van der Waals surface area (Å²) in [5, 5.41) is 13.5. The van der Waals surface area contributed by atoms with E-state index in [9.17, 15) is 24.3 Å². The molecule has 2 aromatic carbocycles. The summed E-state index contributed by atoms with van der Waals surface area (Å²) in [5.74, 6) is -3.54. The average molecular weight is 642 g/mol. The maximum Gasteiger partial charge on any atom is 0.313 e. The van der Waals surface area contributed by atoms with Crippen LogP contribution in [-0.4, -0.2) is 82.1 Å². The number of fused-ring (bicyclic) bond motifs is 2. The molecule has 7 atom stereocenters. The van der Waals surface area contributed by atoms with E-state index in [1.54, 1.807) is 23.1 Å². The number of nitrogens with zero attached hydrogens (tertiary/aromatic N) is 2. The molecule has 4 heterocycles. The number of amides is 3. The maximum atomic E-state index is 14.8. The molecule has 0 aliphatic carbocycles. The van der Waals surface area contributed by atoms with Crippen molar-refractivity contribution in [3.63, 3.8) is 0 Å². The summed E-state index contributed by atoms with van der Waals surface area (Å²) in [6.07, 6.45) is 6.57. The topological polar surface area (TPSA) is 125 Å². The molecular formula is C37H43N3O7. The summed E-state index contributed by atoms with van der Waals surface area (Å²) in [6.45, 7) is 4.35. The Bertz CT molecular complexity index is 1530. The first-order valence-corrected chi connectivity index (χ1v) is 16.5. The summed E-state index contributed by atoms with van der Waals surface area (Å²) < 4.78 is 12.9. The number of esters is 1. The van der Waals surface area contributed by atoms with Crippen LogP contribution < -0.4 is 5.32 Å². The molecule has 1 spiro atoms. The number of rotatable bonds is 7. The lowest BCUT2D eigenvalue weighted by Gasteiger charge is -2.39. The number of carbonyl (C=O) groups is 4. The number of likely N-dealkylation sites (tertiary alicyclic amines) is 1. The van der Waals surface area contributed by atoms with Gasteiger partial charge in [-0.05, 0) is 29.9 Å². The van der Waals surface area contributed by atoms with Crippen molar-refractivity contribution in [2.75, 3.05) is 19.7 Å². The highest BCUT2D eigenvalue weighted by molar-refractivity contribution is 5.99. The van der Waals surface area contributed by atoms with Gasteiger partial charge in [-0.1, -0.05) is 98.8 Å². The predicted molar refractivity (Wildman–Crippen MR) is 173 cm³/mol. The van der Waals surface area contributed by atoms with Gasteiger partial charge in [0.1, 0.15) is 23.7 Å². The van der Waals surface area contributed by atoms with Crippen molar-refractivity contribution in [1.82, 2.24) is 15.1 Å². The van der Waals surface area contributed by atoms with Gasteiger partial charge in [-0.25, -0.2) is 0 Å². The molecule has 2 saturated heterocycles. The number of cyclic esters (lactones) is 1. The van der Waals surface area contributed by atoms with E-state index in [0.717, 1.165) is 5.56 Å². The smallest absolute Gasteiger partial charge is 0.313 e. The van der Waals surface area contributed by atoms with Crippen molar-refractivity contribution < 1.29 is 33.8 Å². The second kappa shape index (κ2) is 13.8. The van der Waals surface area contributed by atoms with Crippen molar-refractivity contribution in [3.8, 4) is 0 Å². The first kappa shape index (κ1) is 32.7. The minimum Gasteiger partial charge on any atom is -0.455 e. The molecule has 47 heavy (non-hydrogen) atoms. The summed E-state index contributed by atoms with van der Waals surface area (Å²) in [4.78, 5) is 59.6. The Morgan fingerprint density at radius 3 is 2.40 bits per heavy atom. The van der Waals surface area contributed by atoms with Gasteiger partial charge in [-0.2, -0.15) is 0 Å². The summed E-state index contributed by atoms with van der Waals surface area (Å²) in [7, 11) is 0. The number of ether oxygens (including phenoxy) is 2. The van der Waals surface area contributed by atoms with Crippen LogP contribution in [0.5, 0.6) is 0 Å². The van der Waals surface area contributed by atoms with Gasteiger partial charge in [0.15, 0.2) is 0 Å². The molecule has 2 fully saturated rings. The quantitative estimate of drug-likeness (QED) is 0.351. The molecule has 4 aliphatic rings. The van der Waals surface area contributed by atoms with Gasteiger partial charge in [0.05, 0.1) is 31.2 Å². The van der Waals surface area contributed by atoms with Crippen LogP contribution >= 0.6 is 0 Å². The zero-order valence-corrected chi connectivity index (χ0v) is 26.9. The SMILES string of the molecule is CC(C)C[C@H](CO)N1C(=O)[C@@H]2[C@H]3C(=O)O[C@H](c4ccccc4)CNC(=O)CC/C=C\[C@H]3O[C@@]23C=CCN(Cc2ccccc2)C(=O)[C@@H]13. The van der Waals surface area contributed by atoms with E-state index < -0.39 is 53.6 Å². The standard InChI is InChI=1S/C37H43N3O7/c1-24(2)20-27(23-41)40-33-35(44)39(22-25-12-5-3-6-13-25)19-11-18-37(33)32(34(40)43)31-28(47-37)16-9-10-17-30(42)38-21-29(46-36(31)45)26-14-7-4-8-15-26/h3-9,11-16,18,24,27-29,31-33,41H,10,17,19-23H2,1-2H3,(H,38,42)/b16-9-/t27-,28-,29+,31+,32+,33-,37+/m1/s1. The normalized spacial score (nSPS) is 30.8. The lowest BCUT2D eigenvalue weighted by molar-refractivity contribution is -0.161. The number of benzene rings is 2. The molecule has 0 unspecified atom stereocenters. The van der Waals surface area contributed by atoms with Crippen LogP contribution in [0.15, 0.2) is 85.0 Å². The molecule has 10 nitrogen and oxygen atoms in total. The highest BCUT2D eigenvalue weighted by Crippen LogP contribution is 2.54. The van der Waals surface area contributed by atoms with Gasteiger partial charge in [0.2, 0.25) is 17.7 Å². The first-order chi connectivity index (χ1) is 22.7. The van der Waals surface area contributed by atoms with Crippen molar-refractivity contribution >= 4 is 23.7 Å². The monoisotopic (exact) mass is 641 g/mol. The molecule has 6 rings (SSSR count). The van der Waals surface area contributed by atoms with E-state index in [1.165, 1.54) is 4.90 Å². The fourth-order valence-corrected chi connectivity index (χ4v) is 7.55. The Hall–Kier alpha value is -4.28. The number of aliphatic hydroxyl groups excluding tert-OH is 1. The molecule has 3 amide bonds. The molecule has 0 aromatic heterocycles. The number of nitrogens with one attached hydrogen (secondary N) is 1. The van der Waals surface area contributed by atoms with Gasteiger partial charge in [-0.3, -0.25) is 19.2 Å². The molecule has 248 valence electrons. The Kier molecular flexibility index (Phi) is 9.61. The number of allylic oxidation sites excluding steroid dienone is 1. The molecular weight excluding hydrogens is 598 g/mol. The van der Waals surface area contributed by atoms with E-state index in [0.29, 0.717) is 24.9 Å². The molecule has 0 radical (unpaired) electrons. The largest absolute Gasteiger partial charge is 0.455 e. The zero-order valence-electron chi connectivity index (χ0n) is 26.9. The summed E-state index contributed by atoms with van der Waals surface area (Å²) in [6, 6.07) is 17.0. The second-order valence-corrected chi connectivity index (χ2v) is 13.3. The lowest BCUT2D eigenvalue weighted by atomic mass is 9.77. The van der Waals surface area contributed by atoms with Gasteiger partial charge >= 0.3 is 5.97 Å². The maximum absolute atomic E-state index is 14.8. The van der Waals surface area contributed by atoms with Crippen molar-refractivity contribution in [2.24, 2.45) is 17.8 Å². The Morgan fingerprint density at radius 1 is 0.979 bits per heavy atom. The number of hydrogen-bond acceptors (Lipinski definition) is 7. The van der Waals surface area contributed by atoms with Crippen LogP contribution in [0.1, 0.15) is 50.3 Å². The van der Waals surface area contributed by atoms with Crippen LogP contribution in [0.25, 0.3) is 0 Å². The molecule has 0 bridgehead atoms. The Morgan fingerprint density at radius 2 is 1.70 bits per heavy atom. The molecule has 4 aliphatic heterocycles. The first-order valence-electron chi connectivity index (χ1n) is 16.5. The average Bonchev–Trinajstić information content (AvgIpc) is 3.46. The van der Waals surface area contributed by atoms with E-state index in [1.807, 2.05) is 80.6 Å². The van der Waals surface area contributed by atoms with Gasteiger partial charge < -0.3 is 29.7 Å². The van der Waals surface area contributed by atoms with Crippen LogP contribution in [0.3, 0.4) is 0 Å². The van der Waals surface area contributed by atoms with Crippen molar-refractivity contribution in [1.29, 1.82) is 0 Å². The van der Waals surface area contributed by atoms with E-state index in [-0.39, 0.29) is 43.8 Å². The Balaban J connectivity index is 1.43. The molecule has 2 N–H and O–H groups in total. The van der Waals surface area contributed by atoms with Gasteiger partial charge in [0, 0.05) is 19.5 Å². The Labute approximate surface area is 275 Å². The predicted octanol–water partition coefficient (Wildman–Crippen LogP) is 3.32. The minimum absolute atomic E-state index is 0.0723. The van der Waals surface area contributed by atoms with Crippen LogP contribution in [0.2, 0.25) is 0 Å². The van der Waals surface area contributed by atoms with Gasteiger partial charge in [-0.15, -0.1) is 0 Å². The summed E-state index contributed by atoms with van der Waals surface area (Å²) in [5.41, 5.74) is 0.169. The fourth-order valence-electron chi connectivity index (χ4n) is 7.55. The highest BCUT2D eigenvalue weighted by atomic mass is 16.6. The summed E-state index contributed by atoms with van der Waals surface area (Å²) >= 11 is 0. The zero-order chi connectivity index (χ0) is 33.1. The third-order valence-electron chi connectivity index (χ3n) is 9.63. The van der Waals surface area contributed by atoms with E-state index in [2.05, 4.69) is 5.32 Å². The van der Waals surface area contributed by atoms with Crippen molar-refractivity contribution in [2.45, 2.75) is 69.5 Å². The van der Waals surface area contributed by atoms with E-state index >= 15 is 0 Å². The molecule has 2 aromatic rings. The minimum atomic E-state index is -1.47. The number of hydrogen-bond donors (Lipinski definition) is 2. The second-order valence-electron chi connectivity index (χ2n) is 13.3. The van der Waals surface area contributed by atoms with Crippen LogP contribution in [0, 0.1) is 17.8 Å². The highest BCUT2D eigenvalue weighted by Gasteiger charge is 2.72. The van der Waals surface area contributed by atoms with Crippen LogP contribution in [-0.2, 0) is 35.2 Å². The van der Waals surface area contributed by atoms with Crippen LogP contribution in [0.4, 0.5) is 0 Å².